The number of rotatable bonds is 5. The van der Waals surface area contributed by atoms with Crippen molar-refractivity contribution in [3.63, 3.8) is 0 Å². The van der Waals surface area contributed by atoms with Crippen LogP contribution in [0.2, 0.25) is 0 Å². The van der Waals surface area contributed by atoms with E-state index in [0.29, 0.717) is 5.69 Å². The minimum absolute atomic E-state index is 0.0700. The summed E-state index contributed by atoms with van der Waals surface area (Å²) in [6, 6.07) is 11.8. The number of sulfonamides is 1. The van der Waals surface area contributed by atoms with Crippen LogP contribution >= 0.6 is 0 Å². The van der Waals surface area contributed by atoms with Gasteiger partial charge in [-0.05, 0) is 37.3 Å². The number of nitrogens with one attached hydrogen (secondary N) is 3. The summed E-state index contributed by atoms with van der Waals surface area (Å²) in [5.41, 5.74) is 1.89. The number of H-pyrrole nitrogens is 1. The Morgan fingerprint density at radius 1 is 1.21 bits per heavy atom. The molecule has 0 aliphatic heterocycles. The molecule has 0 fully saturated rings. The Bertz CT molecular complexity index is 995. The highest BCUT2D eigenvalue weighted by Gasteiger charge is 2.15. The summed E-state index contributed by atoms with van der Waals surface area (Å²) in [7, 11) is -3.47. The minimum atomic E-state index is -3.47. The monoisotopic (exact) mass is 344 g/mol. The summed E-state index contributed by atoms with van der Waals surface area (Å²) in [5, 5.41) is 10.5. The van der Waals surface area contributed by atoms with Gasteiger partial charge in [0.05, 0.1) is 28.7 Å². The van der Waals surface area contributed by atoms with E-state index < -0.39 is 15.9 Å². The molecule has 0 radical (unpaired) electrons. The van der Waals surface area contributed by atoms with E-state index in [2.05, 4.69) is 20.2 Å². The van der Waals surface area contributed by atoms with Crippen LogP contribution in [0.5, 0.6) is 0 Å². The first-order chi connectivity index (χ1) is 11.5. The third kappa shape index (κ3) is 3.38. The number of aromatic nitrogens is 2. The highest BCUT2D eigenvalue weighted by molar-refractivity contribution is 7.92. The smallest absolute Gasteiger partial charge is 0.257 e. The molecule has 8 heteroatoms. The molecule has 2 aromatic carbocycles. The molecule has 0 saturated heterocycles. The fourth-order valence-corrected chi connectivity index (χ4v) is 2.88. The molecule has 24 heavy (non-hydrogen) atoms. The van der Waals surface area contributed by atoms with Gasteiger partial charge in [-0.2, -0.15) is 5.10 Å². The highest BCUT2D eigenvalue weighted by atomic mass is 32.2. The molecule has 0 atom stereocenters. The zero-order chi connectivity index (χ0) is 17.2. The minimum Gasteiger partial charge on any atom is -0.322 e. The Morgan fingerprint density at radius 3 is 2.79 bits per heavy atom. The second-order valence-electron chi connectivity index (χ2n) is 5.18. The van der Waals surface area contributed by atoms with Crippen molar-refractivity contribution in [2.45, 2.75) is 6.92 Å². The van der Waals surface area contributed by atoms with Crippen molar-refractivity contribution in [2.75, 3.05) is 15.8 Å². The third-order valence-electron chi connectivity index (χ3n) is 3.52. The lowest BCUT2D eigenvalue weighted by atomic mass is 10.1. The Hall–Kier alpha value is -2.87. The first-order valence-corrected chi connectivity index (χ1v) is 8.98. The Morgan fingerprint density at radius 2 is 2.00 bits per heavy atom. The molecule has 0 unspecified atom stereocenters. The van der Waals surface area contributed by atoms with E-state index >= 15 is 0 Å². The molecule has 3 aromatic rings. The number of carbonyl (C=O) groups is 1. The number of amides is 1. The van der Waals surface area contributed by atoms with Crippen molar-refractivity contribution in [1.82, 2.24) is 10.2 Å². The molecule has 0 aliphatic carbocycles. The van der Waals surface area contributed by atoms with E-state index in [4.69, 9.17) is 0 Å². The normalized spacial score (nSPS) is 11.4. The van der Waals surface area contributed by atoms with Crippen LogP contribution < -0.4 is 10.0 Å². The van der Waals surface area contributed by atoms with Crippen molar-refractivity contribution < 1.29 is 13.2 Å². The van der Waals surface area contributed by atoms with Gasteiger partial charge in [0.25, 0.3) is 5.91 Å². The van der Waals surface area contributed by atoms with Gasteiger partial charge in [-0.1, -0.05) is 12.1 Å². The van der Waals surface area contributed by atoms with Crippen molar-refractivity contribution in [1.29, 1.82) is 0 Å². The summed E-state index contributed by atoms with van der Waals surface area (Å²) in [6.45, 7) is 1.53. The molecule has 0 spiro atoms. The maximum absolute atomic E-state index is 12.5. The maximum atomic E-state index is 12.5. The predicted molar refractivity (Wildman–Crippen MR) is 93.6 cm³/mol. The van der Waals surface area contributed by atoms with Gasteiger partial charge in [-0.3, -0.25) is 14.6 Å². The Balaban J connectivity index is 1.87. The summed E-state index contributed by atoms with van der Waals surface area (Å²) in [5.74, 6) is -0.470. The average Bonchev–Trinajstić information content (AvgIpc) is 3.02. The van der Waals surface area contributed by atoms with Gasteiger partial charge < -0.3 is 5.32 Å². The summed E-state index contributed by atoms with van der Waals surface area (Å²) in [6.07, 6.45) is 1.69. The number of anilines is 2. The van der Waals surface area contributed by atoms with Crippen LogP contribution in [0.25, 0.3) is 10.9 Å². The van der Waals surface area contributed by atoms with Crippen molar-refractivity contribution in [3.8, 4) is 0 Å². The van der Waals surface area contributed by atoms with Gasteiger partial charge in [0.1, 0.15) is 0 Å². The molecular weight excluding hydrogens is 328 g/mol. The third-order valence-corrected chi connectivity index (χ3v) is 4.81. The highest BCUT2D eigenvalue weighted by Crippen LogP contribution is 2.21. The average molecular weight is 344 g/mol. The summed E-state index contributed by atoms with van der Waals surface area (Å²) < 4.78 is 26.0. The maximum Gasteiger partial charge on any atom is 0.257 e. The lowest BCUT2D eigenvalue weighted by molar-refractivity contribution is 0.102. The molecule has 0 aliphatic rings. The van der Waals surface area contributed by atoms with Crippen molar-refractivity contribution in [3.05, 3.63) is 54.2 Å². The van der Waals surface area contributed by atoms with Crippen molar-refractivity contribution >= 4 is 38.2 Å². The first kappa shape index (κ1) is 16.0. The topological polar surface area (TPSA) is 104 Å². The number of fused-ring (bicyclic) bond motifs is 1. The number of carbonyl (C=O) groups excluding carboxylic acids is 1. The SMILES string of the molecule is CCS(=O)(=O)Nc1ccccc1C(=O)Nc1ccc2cn[nH]c2c1. The van der Waals surface area contributed by atoms with Crippen LogP contribution in [-0.4, -0.2) is 30.3 Å². The van der Waals surface area contributed by atoms with Crippen LogP contribution in [0.3, 0.4) is 0 Å². The Kier molecular flexibility index (Phi) is 4.22. The van der Waals surface area contributed by atoms with Gasteiger partial charge in [0.2, 0.25) is 10.0 Å². The van der Waals surface area contributed by atoms with E-state index in [9.17, 15) is 13.2 Å². The van der Waals surface area contributed by atoms with Gasteiger partial charge in [-0.25, -0.2) is 8.42 Å². The van der Waals surface area contributed by atoms with Gasteiger partial charge >= 0.3 is 0 Å². The summed E-state index contributed by atoms with van der Waals surface area (Å²) >= 11 is 0. The number of nitrogens with zero attached hydrogens (tertiary/aromatic N) is 1. The number of aromatic amines is 1. The van der Waals surface area contributed by atoms with Crippen LogP contribution in [0.4, 0.5) is 11.4 Å². The van der Waals surface area contributed by atoms with E-state index in [1.165, 1.54) is 6.92 Å². The van der Waals surface area contributed by atoms with E-state index in [0.717, 1.165) is 10.9 Å². The fraction of sp³-hybridized carbons (Fsp3) is 0.125. The zero-order valence-electron chi connectivity index (χ0n) is 12.9. The molecule has 3 rings (SSSR count). The molecule has 0 saturated carbocycles. The molecule has 1 aromatic heterocycles. The molecule has 7 nitrogen and oxygen atoms in total. The number of hydrogen-bond acceptors (Lipinski definition) is 4. The second-order valence-corrected chi connectivity index (χ2v) is 7.19. The fourth-order valence-electron chi connectivity index (χ4n) is 2.22. The van der Waals surface area contributed by atoms with E-state index in [1.807, 2.05) is 6.07 Å². The molecule has 3 N–H and O–H groups in total. The quantitative estimate of drug-likeness (QED) is 0.661. The molecule has 124 valence electrons. The second kappa shape index (κ2) is 6.32. The van der Waals surface area contributed by atoms with Crippen LogP contribution in [0.1, 0.15) is 17.3 Å². The van der Waals surface area contributed by atoms with Gasteiger partial charge in [0, 0.05) is 11.1 Å². The van der Waals surface area contributed by atoms with Crippen LogP contribution in [-0.2, 0) is 10.0 Å². The van der Waals surface area contributed by atoms with Gasteiger partial charge in [0.15, 0.2) is 0 Å². The molecule has 0 bridgehead atoms. The van der Waals surface area contributed by atoms with Crippen molar-refractivity contribution in [2.24, 2.45) is 0 Å². The molecular formula is C16H16N4O3S. The number of para-hydroxylation sites is 1. The first-order valence-electron chi connectivity index (χ1n) is 7.32. The van der Waals surface area contributed by atoms with E-state index in [-0.39, 0.29) is 17.0 Å². The van der Waals surface area contributed by atoms with E-state index in [1.54, 1.807) is 42.6 Å². The predicted octanol–water partition coefficient (Wildman–Crippen LogP) is 2.58. The molecule has 1 amide bonds. The number of benzene rings is 2. The van der Waals surface area contributed by atoms with Crippen LogP contribution in [0.15, 0.2) is 48.7 Å². The summed E-state index contributed by atoms with van der Waals surface area (Å²) in [4.78, 5) is 12.5. The lowest BCUT2D eigenvalue weighted by Crippen LogP contribution is -2.19. The van der Waals surface area contributed by atoms with Crippen LogP contribution in [0, 0.1) is 0 Å². The van der Waals surface area contributed by atoms with Gasteiger partial charge in [-0.15, -0.1) is 0 Å². The Labute approximate surface area is 139 Å². The standard InChI is InChI=1S/C16H16N4O3S/c1-2-24(22,23)20-14-6-4-3-5-13(14)16(21)18-12-8-7-11-10-17-19-15(11)9-12/h3-10,20H,2H2,1H3,(H,17,19)(H,18,21). The lowest BCUT2D eigenvalue weighted by Gasteiger charge is -2.12. The largest absolute Gasteiger partial charge is 0.322 e. The number of hydrogen-bond donors (Lipinski definition) is 3. The molecule has 1 heterocycles. The zero-order valence-corrected chi connectivity index (χ0v) is 13.7.